The predicted octanol–water partition coefficient (Wildman–Crippen LogP) is 6.06. The molecule has 0 saturated heterocycles. The van der Waals surface area contributed by atoms with Gasteiger partial charge in [0.1, 0.15) is 11.8 Å². The lowest BCUT2D eigenvalue weighted by molar-refractivity contribution is 0.579. The number of hydrogen-bond donors (Lipinski definition) is 0. The molecule has 0 unspecified atom stereocenters. The Bertz CT molecular complexity index is 962. The molecule has 1 aromatic heterocycles. The summed E-state index contributed by atoms with van der Waals surface area (Å²) in [5.74, 6) is 0. The van der Waals surface area contributed by atoms with Crippen LogP contribution < -0.4 is 5.43 Å². The van der Waals surface area contributed by atoms with E-state index in [0.717, 1.165) is 11.1 Å². The first kappa shape index (κ1) is 17.5. The van der Waals surface area contributed by atoms with Crippen LogP contribution in [0.2, 0.25) is 0 Å². The van der Waals surface area contributed by atoms with E-state index in [1.54, 1.807) is 6.26 Å². The molecule has 2 heteroatoms. The van der Waals surface area contributed by atoms with Crippen LogP contribution in [0.4, 0.5) is 0 Å². The summed E-state index contributed by atoms with van der Waals surface area (Å²) in [5.41, 5.74) is 4.68. The summed E-state index contributed by atoms with van der Waals surface area (Å²) < 4.78 is 5.81. The summed E-state index contributed by atoms with van der Waals surface area (Å²) in [6, 6.07) is 14.1. The van der Waals surface area contributed by atoms with Gasteiger partial charge in [-0.05, 0) is 39.7 Å². The smallest absolute Gasteiger partial charge is 0.200 e. The molecule has 0 saturated carbocycles. The van der Waals surface area contributed by atoms with E-state index in [1.165, 1.54) is 5.56 Å². The molecule has 0 fully saturated rings. The Balaban J connectivity index is 2.09. The zero-order chi connectivity index (χ0) is 18.4. The molecule has 0 bridgehead atoms. The molecular formula is C23H26O2. The quantitative estimate of drug-likeness (QED) is 0.542. The van der Waals surface area contributed by atoms with Crippen LogP contribution in [-0.4, -0.2) is 0 Å². The monoisotopic (exact) mass is 334 g/mol. The van der Waals surface area contributed by atoms with E-state index >= 15 is 0 Å². The van der Waals surface area contributed by atoms with Gasteiger partial charge in [-0.15, -0.1) is 0 Å². The Morgan fingerprint density at radius 3 is 1.88 bits per heavy atom. The van der Waals surface area contributed by atoms with Gasteiger partial charge in [-0.1, -0.05) is 71.9 Å². The van der Waals surface area contributed by atoms with Gasteiger partial charge >= 0.3 is 0 Å². The molecule has 0 atom stereocenters. The molecule has 2 nitrogen and oxygen atoms in total. The molecule has 25 heavy (non-hydrogen) atoms. The Morgan fingerprint density at radius 1 is 0.760 bits per heavy atom. The lowest BCUT2D eigenvalue weighted by atomic mass is 9.86. The van der Waals surface area contributed by atoms with Crippen molar-refractivity contribution in [3.8, 4) is 11.1 Å². The Hall–Kier alpha value is -2.35. The normalized spacial score (nSPS) is 12.6. The van der Waals surface area contributed by atoms with E-state index in [1.807, 2.05) is 30.3 Å². The zero-order valence-corrected chi connectivity index (χ0v) is 15.9. The Kier molecular flexibility index (Phi) is 4.10. The summed E-state index contributed by atoms with van der Waals surface area (Å²) in [4.78, 5) is 12.9. The highest BCUT2D eigenvalue weighted by atomic mass is 16.3. The maximum atomic E-state index is 12.9. The SMILES string of the molecule is CC(C)(C)c1ccc(-c2coc3cc(C(C)(C)C)ccc3c2=O)cc1. The molecule has 0 N–H and O–H groups in total. The second-order valence-electron chi connectivity index (χ2n) is 8.77. The summed E-state index contributed by atoms with van der Waals surface area (Å²) >= 11 is 0. The van der Waals surface area contributed by atoms with Crippen LogP contribution >= 0.6 is 0 Å². The maximum Gasteiger partial charge on any atom is 0.200 e. The molecular weight excluding hydrogens is 308 g/mol. The third-order valence-electron chi connectivity index (χ3n) is 4.70. The summed E-state index contributed by atoms with van der Waals surface area (Å²) in [7, 11) is 0. The van der Waals surface area contributed by atoms with Crippen LogP contribution in [0.5, 0.6) is 0 Å². The number of hydrogen-bond acceptors (Lipinski definition) is 2. The number of fused-ring (bicyclic) bond motifs is 1. The van der Waals surface area contributed by atoms with Crippen LogP contribution in [0.1, 0.15) is 52.7 Å². The van der Waals surface area contributed by atoms with Gasteiger partial charge in [0.15, 0.2) is 5.43 Å². The third-order valence-corrected chi connectivity index (χ3v) is 4.70. The van der Waals surface area contributed by atoms with E-state index in [-0.39, 0.29) is 16.3 Å². The molecule has 3 rings (SSSR count). The van der Waals surface area contributed by atoms with Crippen LogP contribution in [-0.2, 0) is 10.8 Å². The Labute approximate surface area is 149 Å². The molecule has 2 aromatic carbocycles. The van der Waals surface area contributed by atoms with Crippen LogP contribution in [0, 0.1) is 0 Å². The van der Waals surface area contributed by atoms with Gasteiger partial charge in [0, 0.05) is 0 Å². The number of rotatable bonds is 1. The summed E-state index contributed by atoms with van der Waals surface area (Å²) in [5, 5.41) is 0.630. The minimum atomic E-state index is 0.0187. The molecule has 0 aliphatic rings. The highest BCUT2D eigenvalue weighted by molar-refractivity contribution is 5.82. The molecule has 0 radical (unpaired) electrons. The first-order valence-electron chi connectivity index (χ1n) is 8.74. The minimum Gasteiger partial charge on any atom is -0.463 e. The van der Waals surface area contributed by atoms with Gasteiger partial charge in [0.2, 0.25) is 0 Å². The molecule has 3 aromatic rings. The van der Waals surface area contributed by atoms with Crippen LogP contribution in [0.15, 0.2) is 57.9 Å². The van der Waals surface area contributed by atoms with Crippen LogP contribution in [0.3, 0.4) is 0 Å². The third kappa shape index (κ3) is 3.39. The molecule has 0 aliphatic carbocycles. The minimum absolute atomic E-state index is 0.0187. The van der Waals surface area contributed by atoms with E-state index in [9.17, 15) is 4.79 Å². The highest BCUT2D eigenvalue weighted by Crippen LogP contribution is 2.28. The predicted molar refractivity (Wildman–Crippen MR) is 105 cm³/mol. The van der Waals surface area contributed by atoms with Gasteiger partial charge in [-0.3, -0.25) is 4.79 Å². The lowest BCUT2D eigenvalue weighted by Crippen LogP contribution is -2.12. The van der Waals surface area contributed by atoms with Gasteiger partial charge < -0.3 is 4.42 Å². The lowest BCUT2D eigenvalue weighted by Gasteiger charge is -2.19. The van der Waals surface area contributed by atoms with Crippen molar-refractivity contribution in [3.63, 3.8) is 0 Å². The second-order valence-corrected chi connectivity index (χ2v) is 8.77. The molecule has 130 valence electrons. The molecule has 0 aliphatic heterocycles. The van der Waals surface area contributed by atoms with Crippen molar-refractivity contribution >= 4 is 11.0 Å². The Morgan fingerprint density at radius 2 is 1.32 bits per heavy atom. The average Bonchev–Trinajstić information content (AvgIpc) is 2.53. The van der Waals surface area contributed by atoms with Crippen molar-refractivity contribution < 1.29 is 4.42 Å². The van der Waals surface area contributed by atoms with E-state index in [0.29, 0.717) is 16.5 Å². The largest absolute Gasteiger partial charge is 0.463 e. The standard InChI is InChI=1S/C23H26O2/c1-22(2,3)16-9-7-15(8-10-16)19-14-25-20-13-17(23(4,5)6)11-12-18(20)21(19)24/h7-14H,1-6H3. The summed E-state index contributed by atoms with van der Waals surface area (Å²) in [6.07, 6.45) is 1.59. The van der Waals surface area contributed by atoms with Crippen molar-refractivity contribution in [3.05, 3.63) is 70.1 Å². The summed E-state index contributed by atoms with van der Waals surface area (Å²) in [6.45, 7) is 13.0. The van der Waals surface area contributed by atoms with Crippen molar-refractivity contribution in [2.75, 3.05) is 0 Å². The van der Waals surface area contributed by atoms with Gasteiger partial charge in [0.05, 0.1) is 10.9 Å². The highest BCUT2D eigenvalue weighted by Gasteiger charge is 2.17. The van der Waals surface area contributed by atoms with Crippen molar-refractivity contribution in [2.24, 2.45) is 0 Å². The van der Waals surface area contributed by atoms with E-state index in [2.05, 4.69) is 53.7 Å². The first-order valence-corrected chi connectivity index (χ1v) is 8.74. The fraction of sp³-hybridized carbons (Fsp3) is 0.348. The molecule has 0 amide bonds. The fourth-order valence-corrected chi connectivity index (χ4v) is 2.94. The number of benzene rings is 2. The van der Waals surface area contributed by atoms with Gasteiger partial charge in [-0.2, -0.15) is 0 Å². The van der Waals surface area contributed by atoms with E-state index < -0.39 is 0 Å². The zero-order valence-electron chi connectivity index (χ0n) is 15.9. The molecule has 0 spiro atoms. The maximum absolute atomic E-state index is 12.9. The van der Waals surface area contributed by atoms with Crippen molar-refractivity contribution in [1.82, 2.24) is 0 Å². The van der Waals surface area contributed by atoms with E-state index in [4.69, 9.17) is 4.42 Å². The first-order chi connectivity index (χ1) is 11.6. The van der Waals surface area contributed by atoms with Crippen molar-refractivity contribution in [1.29, 1.82) is 0 Å². The van der Waals surface area contributed by atoms with Crippen molar-refractivity contribution in [2.45, 2.75) is 52.4 Å². The average molecular weight is 334 g/mol. The fourth-order valence-electron chi connectivity index (χ4n) is 2.94. The van der Waals surface area contributed by atoms with Gasteiger partial charge in [0.25, 0.3) is 0 Å². The van der Waals surface area contributed by atoms with Gasteiger partial charge in [-0.25, -0.2) is 0 Å². The second kappa shape index (κ2) is 5.87. The molecule has 1 heterocycles. The van der Waals surface area contributed by atoms with Crippen LogP contribution in [0.25, 0.3) is 22.1 Å². The topological polar surface area (TPSA) is 30.2 Å².